The first-order valence-electron chi connectivity index (χ1n) is 12.0. The molecule has 2 aromatic carbocycles. The third-order valence-electron chi connectivity index (χ3n) is 7.42. The van der Waals surface area contributed by atoms with Crippen LogP contribution in [0.4, 0.5) is 5.69 Å². The maximum Gasteiger partial charge on any atom is 0.183 e. The highest BCUT2D eigenvalue weighted by atomic mass is 32.2. The molecule has 34 heavy (non-hydrogen) atoms. The van der Waals surface area contributed by atoms with Crippen LogP contribution in [0.3, 0.4) is 0 Å². The van der Waals surface area contributed by atoms with E-state index in [0.29, 0.717) is 23.0 Å². The van der Waals surface area contributed by atoms with Gasteiger partial charge in [-0.2, -0.15) is 0 Å². The van der Waals surface area contributed by atoms with Crippen LogP contribution in [-0.2, 0) is 15.3 Å². The van der Waals surface area contributed by atoms with Gasteiger partial charge < -0.3 is 5.32 Å². The van der Waals surface area contributed by atoms with Crippen LogP contribution in [0.25, 0.3) is 0 Å². The van der Waals surface area contributed by atoms with Crippen molar-refractivity contribution in [2.45, 2.75) is 44.4 Å². The zero-order valence-electron chi connectivity index (χ0n) is 20.6. The van der Waals surface area contributed by atoms with Crippen LogP contribution < -0.4 is 5.32 Å². The molecule has 1 heterocycles. The Morgan fingerprint density at radius 2 is 1.68 bits per heavy atom. The number of anilines is 1. The van der Waals surface area contributed by atoms with Crippen LogP contribution >= 0.6 is 0 Å². The smallest absolute Gasteiger partial charge is 0.183 e. The van der Waals surface area contributed by atoms with Gasteiger partial charge in [0.2, 0.25) is 0 Å². The first kappa shape index (κ1) is 24.3. The van der Waals surface area contributed by atoms with Crippen LogP contribution in [0, 0.1) is 11.3 Å². The molecule has 0 bridgehead atoms. The number of rotatable bonds is 4. The third-order valence-corrected chi connectivity index (χ3v) is 9.03. The first-order chi connectivity index (χ1) is 16.1. The lowest BCUT2D eigenvalue weighted by atomic mass is 9.70. The van der Waals surface area contributed by atoms with Gasteiger partial charge >= 0.3 is 0 Å². The van der Waals surface area contributed by atoms with Gasteiger partial charge in [-0.3, -0.25) is 0 Å². The van der Waals surface area contributed by atoms with E-state index in [-0.39, 0.29) is 16.6 Å². The van der Waals surface area contributed by atoms with Crippen LogP contribution in [0.15, 0.2) is 102 Å². The Morgan fingerprint density at radius 3 is 2.38 bits per heavy atom. The summed E-state index contributed by atoms with van der Waals surface area (Å²) >= 11 is 0. The van der Waals surface area contributed by atoms with Crippen molar-refractivity contribution in [3.05, 3.63) is 108 Å². The average Bonchev–Trinajstić information content (AvgIpc) is 2.84. The standard InChI is InChI=1S/C30H35NO2S/c1-29(2,23-12-7-5-8-13-23)25-16-11-20-31-27-18-17-26(22-28(27)34(32,33)21-19-25)30(3,4)24-14-9-6-10-15-24/h5-12,14-19,22-23,31H,13,20-21H2,1-4H3/b16-11-,25-19+. The van der Waals surface area contributed by atoms with Crippen molar-refractivity contribution in [3.8, 4) is 0 Å². The maximum atomic E-state index is 13.6. The Hall–Kier alpha value is -2.85. The van der Waals surface area contributed by atoms with E-state index < -0.39 is 9.84 Å². The van der Waals surface area contributed by atoms with Gasteiger partial charge in [0.25, 0.3) is 0 Å². The normalized spacial score (nSPS) is 22.7. The minimum absolute atomic E-state index is 0.0216. The van der Waals surface area contributed by atoms with Crippen LogP contribution in [0.5, 0.6) is 0 Å². The summed E-state index contributed by atoms with van der Waals surface area (Å²) in [5.41, 5.74) is 3.37. The van der Waals surface area contributed by atoms with E-state index in [2.05, 4.69) is 81.6 Å². The molecule has 4 rings (SSSR count). The second-order valence-corrected chi connectivity index (χ2v) is 12.3. The number of sulfone groups is 1. The molecule has 0 aromatic heterocycles. The van der Waals surface area contributed by atoms with Crippen molar-refractivity contribution in [1.29, 1.82) is 0 Å². The molecule has 2 aromatic rings. The first-order valence-corrected chi connectivity index (χ1v) is 13.6. The summed E-state index contributed by atoms with van der Waals surface area (Å²) in [4.78, 5) is 0.373. The van der Waals surface area contributed by atoms with Crippen molar-refractivity contribution in [2.75, 3.05) is 17.6 Å². The summed E-state index contributed by atoms with van der Waals surface area (Å²) in [6, 6.07) is 16.0. The predicted molar refractivity (Wildman–Crippen MR) is 143 cm³/mol. The topological polar surface area (TPSA) is 46.2 Å². The fraction of sp³-hybridized carbons (Fsp3) is 0.333. The zero-order valence-corrected chi connectivity index (χ0v) is 21.4. The average molecular weight is 474 g/mol. The van der Waals surface area contributed by atoms with Crippen molar-refractivity contribution in [3.63, 3.8) is 0 Å². The quantitative estimate of drug-likeness (QED) is 0.528. The molecule has 2 aliphatic rings. The number of benzene rings is 2. The molecule has 1 aliphatic heterocycles. The molecule has 0 amide bonds. The van der Waals surface area contributed by atoms with Crippen molar-refractivity contribution in [2.24, 2.45) is 11.3 Å². The van der Waals surface area contributed by atoms with Gasteiger partial charge in [-0.15, -0.1) is 0 Å². The molecule has 3 nitrogen and oxygen atoms in total. The summed E-state index contributed by atoms with van der Waals surface area (Å²) in [7, 11) is -3.54. The lowest BCUT2D eigenvalue weighted by Gasteiger charge is -2.35. The predicted octanol–water partition coefficient (Wildman–Crippen LogP) is 6.85. The number of fused-ring (bicyclic) bond motifs is 1. The van der Waals surface area contributed by atoms with Gasteiger partial charge in [-0.05, 0) is 46.6 Å². The summed E-state index contributed by atoms with van der Waals surface area (Å²) < 4.78 is 27.3. The monoisotopic (exact) mass is 473 g/mol. The van der Waals surface area contributed by atoms with Gasteiger partial charge in [0.1, 0.15) is 0 Å². The second kappa shape index (κ2) is 9.42. The zero-order chi connectivity index (χ0) is 24.4. The van der Waals surface area contributed by atoms with Gasteiger partial charge in [0.15, 0.2) is 9.84 Å². The molecule has 0 fully saturated rings. The Kier molecular flexibility index (Phi) is 6.73. The van der Waals surface area contributed by atoms with E-state index in [9.17, 15) is 8.42 Å². The van der Waals surface area contributed by atoms with Crippen LogP contribution in [0.1, 0.15) is 45.2 Å². The molecular weight excluding hydrogens is 438 g/mol. The Balaban J connectivity index is 1.72. The Bertz CT molecular complexity index is 1260. The van der Waals surface area contributed by atoms with Crippen LogP contribution in [-0.4, -0.2) is 20.7 Å². The molecule has 0 spiro atoms. The molecule has 1 aliphatic carbocycles. The van der Waals surface area contributed by atoms with Crippen molar-refractivity contribution >= 4 is 15.5 Å². The minimum atomic E-state index is -3.54. The SMILES string of the molecule is CC(C)(c1ccccc1)c1ccc2c(c1)S(=O)(=O)C/C=C(C(C)(C)C1C=CC=CC1)\C=C/CN2. The summed E-state index contributed by atoms with van der Waals surface area (Å²) in [6.45, 7) is 9.26. The van der Waals surface area contributed by atoms with E-state index >= 15 is 0 Å². The maximum absolute atomic E-state index is 13.6. The van der Waals surface area contributed by atoms with Gasteiger partial charge in [0, 0.05) is 12.0 Å². The van der Waals surface area contributed by atoms with E-state index in [4.69, 9.17) is 0 Å². The Labute approximate surface area is 204 Å². The van der Waals surface area contributed by atoms with Crippen LogP contribution in [0.2, 0.25) is 0 Å². The molecule has 1 N–H and O–H groups in total. The highest BCUT2D eigenvalue weighted by molar-refractivity contribution is 7.91. The van der Waals surface area contributed by atoms with Gasteiger partial charge in [0.05, 0.1) is 16.3 Å². The van der Waals surface area contributed by atoms with E-state index in [0.717, 1.165) is 23.1 Å². The van der Waals surface area contributed by atoms with Crippen molar-refractivity contribution in [1.82, 2.24) is 0 Å². The number of hydrogen-bond acceptors (Lipinski definition) is 3. The number of hydrogen-bond donors (Lipinski definition) is 1. The molecule has 178 valence electrons. The lowest BCUT2D eigenvalue weighted by Crippen LogP contribution is -2.26. The van der Waals surface area contributed by atoms with Gasteiger partial charge in [-0.1, -0.05) is 107 Å². The van der Waals surface area contributed by atoms with E-state index in [1.165, 1.54) is 0 Å². The van der Waals surface area contributed by atoms with E-state index in [1.54, 1.807) is 0 Å². The summed E-state index contributed by atoms with van der Waals surface area (Å²) in [6.07, 6.45) is 15.6. The molecule has 0 radical (unpaired) electrons. The lowest BCUT2D eigenvalue weighted by molar-refractivity contribution is 0.327. The molecule has 0 saturated carbocycles. The highest BCUT2D eigenvalue weighted by Crippen LogP contribution is 2.41. The van der Waals surface area contributed by atoms with E-state index in [1.807, 2.05) is 42.5 Å². The Morgan fingerprint density at radius 1 is 0.912 bits per heavy atom. The highest BCUT2D eigenvalue weighted by Gasteiger charge is 2.32. The minimum Gasteiger partial charge on any atom is -0.381 e. The van der Waals surface area contributed by atoms with Gasteiger partial charge in [-0.25, -0.2) is 8.42 Å². The fourth-order valence-electron chi connectivity index (χ4n) is 4.86. The summed E-state index contributed by atoms with van der Waals surface area (Å²) in [5, 5.41) is 3.34. The fourth-order valence-corrected chi connectivity index (χ4v) is 6.22. The van der Waals surface area contributed by atoms with Crippen molar-refractivity contribution < 1.29 is 8.42 Å². The molecule has 4 heteroatoms. The summed E-state index contributed by atoms with van der Waals surface area (Å²) in [5.74, 6) is 0.310. The molecular formula is C30H35NO2S. The largest absolute Gasteiger partial charge is 0.381 e. The molecule has 0 saturated heterocycles. The number of nitrogens with one attached hydrogen (secondary N) is 1. The molecule has 1 atom stereocenters. The third kappa shape index (κ3) is 4.83. The molecule has 1 unspecified atom stereocenters. The number of allylic oxidation sites excluding steroid dienone is 6. The second-order valence-electron chi connectivity index (χ2n) is 10.3.